The minimum Gasteiger partial charge on any atom is -0.298 e. The van der Waals surface area contributed by atoms with Crippen LogP contribution in [0.3, 0.4) is 0 Å². The maximum Gasteiger partial charge on any atom is 0.206 e. The van der Waals surface area contributed by atoms with Crippen molar-refractivity contribution in [2.24, 2.45) is 11.8 Å². The van der Waals surface area contributed by atoms with E-state index in [1.807, 2.05) is 0 Å². The molecule has 0 N–H and O–H groups in total. The highest BCUT2D eigenvalue weighted by Crippen LogP contribution is 2.37. The van der Waals surface area contributed by atoms with E-state index in [0.29, 0.717) is 11.1 Å². The Labute approximate surface area is 267 Å². The Hall–Kier alpha value is -5.29. The third-order valence-corrected chi connectivity index (χ3v) is 10.6. The van der Waals surface area contributed by atoms with E-state index in [-0.39, 0.29) is 22.3 Å². The van der Waals surface area contributed by atoms with Crippen LogP contribution >= 0.6 is 0 Å². The third-order valence-electron chi connectivity index (χ3n) is 8.88. The summed E-state index contributed by atoms with van der Waals surface area (Å²) in [5.74, 6) is -11.0. The molecule has 4 unspecified atom stereocenters. The number of Topliss-reactive ketones (excluding diaryl/α,β-unsaturated/α-hetero) is 6. The molecule has 0 saturated heterocycles. The van der Waals surface area contributed by atoms with Crippen molar-refractivity contribution in [3.8, 4) is 0 Å². The Morgan fingerprint density at radius 3 is 1.19 bits per heavy atom. The first-order chi connectivity index (χ1) is 22.2. The lowest BCUT2D eigenvalue weighted by Gasteiger charge is -2.14. The van der Waals surface area contributed by atoms with E-state index < -0.39 is 89.6 Å². The molecule has 4 aromatic carbocycles. The lowest BCUT2D eigenvalue weighted by molar-refractivity contribution is -0.122. The molecule has 0 aromatic heterocycles. The van der Waals surface area contributed by atoms with Gasteiger partial charge in [-0.2, -0.15) is 0 Å². The van der Waals surface area contributed by atoms with E-state index in [1.54, 1.807) is 0 Å². The van der Waals surface area contributed by atoms with Crippen molar-refractivity contribution in [2.45, 2.75) is 35.5 Å². The van der Waals surface area contributed by atoms with Crippen molar-refractivity contribution < 1.29 is 46.0 Å². The van der Waals surface area contributed by atoms with Crippen LogP contribution in [0.2, 0.25) is 0 Å². The molecule has 0 saturated carbocycles. The standard InChI is InChI=1S/C36H24F2O8S/c1-17(19-3-7-21(37)8-4-19)31(39)29-33(41)25-13-11-23(15-27(25)35(29)43)47(45,46)24-12-14-26-28(16-24)36(44)30(34(26)42)32(40)18(2)20-5-9-22(38)10-6-20/h3-18,29-30H,1-2H3. The zero-order chi connectivity index (χ0) is 33.9. The number of carbonyl (C=O) groups is 6. The van der Waals surface area contributed by atoms with Crippen LogP contribution in [0.4, 0.5) is 8.78 Å². The second-order valence-electron chi connectivity index (χ2n) is 11.6. The summed E-state index contributed by atoms with van der Waals surface area (Å²) in [6.07, 6.45) is 0. The Morgan fingerprint density at radius 2 is 0.851 bits per heavy atom. The van der Waals surface area contributed by atoms with Gasteiger partial charge in [-0.15, -0.1) is 0 Å². The summed E-state index contributed by atoms with van der Waals surface area (Å²) in [7, 11) is -4.43. The largest absolute Gasteiger partial charge is 0.298 e. The number of ketones is 6. The van der Waals surface area contributed by atoms with Crippen LogP contribution in [0.25, 0.3) is 0 Å². The average Bonchev–Trinajstić information content (AvgIpc) is 3.47. The van der Waals surface area contributed by atoms with Gasteiger partial charge in [-0.25, -0.2) is 17.2 Å². The third kappa shape index (κ3) is 5.16. The lowest BCUT2D eigenvalue weighted by Crippen LogP contribution is -2.29. The van der Waals surface area contributed by atoms with E-state index >= 15 is 0 Å². The number of fused-ring (bicyclic) bond motifs is 2. The van der Waals surface area contributed by atoms with Gasteiger partial charge in [-0.1, -0.05) is 38.1 Å². The van der Waals surface area contributed by atoms with E-state index in [1.165, 1.54) is 38.1 Å². The molecule has 6 rings (SSSR count). The molecule has 8 nitrogen and oxygen atoms in total. The number of carbonyl (C=O) groups excluding carboxylic acids is 6. The van der Waals surface area contributed by atoms with Gasteiger partial charge in [0.1, 0.15) is 23.5 Å². The van der Waals surface area contributed by atoms with Gasteiger partial charge in [-0.3, -0.25) is 28.8 Å². The van der Waals surface area contributed by atoms with Crippen molar-refractivity contribution in [3.05, 3.63) is 130 Å². The summed E-state index contributed by atoms with van der Waals surface area (Å²) in [5.41, 5.74) is 0.0431. The molecule has 0 heterocycles. The first-order valence-electron chi connectivity index (χ1n) is 14.5. The van der Waals surface area contributed by atoms with Gasteiger partial charge in [0.15, 0.2) is 34.7 Å². The van der Waals surface area contributed by atoms with Crippen LogP contribution in [0.1, 0.15) is 78.2 Å². The molecule has 47 heavy (non-hydrogen) atoms. The first kappa shape index (κ1) is 31.7. The van der Waals surface area contributed by atoms with Crippen LogP contribution in [-0.2, 0) is 19.4 Å². The second-order valence-corrected chi connectivity index (χ2v) is 13.5. The number of sulfone groups is 1. The number of benzene rings is 4. The van der Waals surface area contributed by atoms with Gasteiger partial charge in [0, 0.05) is 34.1 Å². The molecule has 2 aliphatic rings. The minimum absolute atomic E-state index is 0.120. The highest BCUT2D eigenvalue weighted by atomic mass is 32.2. The number of halogens is 2. The Bertz CT molecular complexity index is 2020. The van der Waals surface area contributed by atoms with Gasteiger partial charge >= 0.3 is 0 Å². The fourth-order valence-electron chi connectivity index (χ4n) is 6.06. The molecule has 0 aliphatic heterocycles. The number of rotatable bonds is 8. The minimum atomic E-state index is -4.43. The highest BCUT2D eigenvalue weighted by molar-refractivity contribution is 7.91. The molecule has 4 atom stereocenters. The van der Waals surface area contributed by atoms with Crippen LogP contribution in [-0.4, -0.2) is 43.1 Å². The zero-order valence-corrected chi connectivity index (χ0v) is 25.6. The Balaban J connectivity index is 1.27. The topological polar surface area (TPSA) is 137 Å². The molecule has 4 aromatic rings. The van der Waals surface area contributed by atoms with Gasteiger partial charge in [0.2, 0.25) is 9.84 Å². The van der Waals surface area contributed by atoms with E-state index in [2.05, 4.69) is 0 Å². The summed E-state index contributed by atoms with van der Waals surface area (Å²) in [4.78, 5) is 78.6. The summed E-state index contributed by atoms with van der Waals surface area (Å²) in [6, 6.07) is 16.6. The van der Waals surface area contributed by atoms with Gasteiger partial charge < -0.3 is 0 Å². The fourth-order valence-corrected chi connectivity index (χ4v) is 7.38. The van der Waals surface area contributed by atoms with Gasteiger partial charge in [0.05, 0.1) is 9.79 Å². The predicted molar refractivity (Wildman–Crippen MR) is 162 cm³/mol. The maximum atomic E-state index is 13.7. The lowest BCUT2D eigenvalue weighted by atomic mass is 9.86. The molecule has 0 spiro atoms. The molecule has 0 amide bonds. The predicted octanol–water partition coefficient (Wildman–Crippen LogP) is 5.53. The Morgan fingerprint density at radius 1 is 0.532 bits per heavy atom. The summed E-state index contributed by atoms with van der Waals surface area (Å²) < 4.78 is 54.1. The van der Waals surface area contributed by atoms with E-state index in [9.17, 15) is 46.0 Å². The van der Waals surface area contributed by atoms with Crippen LogP contribution in [0, 0.1) is 23.5 Å². The summed E-state index contributed by atoms with van der Waals surface area (Å²) in [6.45, 7) is 2.97. The molecule has 11 heteroatoms. The second kappa shape index (κ2) is 11.5. The average molecular weight is 655 g/mol. The molecule has 0 bridgehead atoms. The van der Waals surface area contributed by atoms with Crippen molar-refractivity contribution in [1.82, 2.24) is 0 Å². The van der Waals surface area contributed by atoms with Crippen molar-refractivity contribution in [2.75, 3.05) is 0 Å². The fraction of sp³-hybridized carbons (Fsp3) is 0.167. The molecule has 0 radical (unpaired) electrons. The SMILES string of the molecule is CC(C(=O)C1C(=O)c2ccc(S(=O)(=O)c3ccc4c(c3)C(=O)C(C(=O)C(C)c3ccc(F)cc3)C4=O)cc2C1=O)c1ccc(F)cc1. The van der Waals surface area contributed by atoms with Crippen molar-refractivity contribution >= 4 is 44.5 Å². The summed E-state index contributed by atoms with van der Waals surface area (Å²) in [5, 5.41) is 0. The molecule has 2 aliphatic carbocycles. The quantitative estimate of drug-likeness (QED) is 0.226. The van der Waals surface area contributed by atoms with Crippen molar-refractivity contribution in [1.29, 1.82) is 0 Å². The summed E-state index contributed by atoms with van der Waals surface area (Å²) >= 11 is 0. The van der Waals surface area contributed by atoms with Gasteiger partial charge in [0.25, 0.3) is 0 Å². The molecular weight excluding hydrogens is 630 g/mol. The van der Waals surface area contributed by atoms with Crippen LogP contribution in [0.15, 0.2) is 94.7 Å². The number of hydrogen-bond acceptors (Lipinski definition) is 8. The van der Waals surface area contributed by atoms with Gasteiger partial charge in [-0.05, 0) is 71.8 Å². The normalized spacial score (nSPS) is 18.6. The maximum absolute atomic E-state index is 13.7. The Kier molecular flexibility index (Phi) is 7.75. The molecule has 0 fully saturated rings. The first-order valence-corrected chi connectivity index (χ1v) is 16.0. The highest BCUT2D eigenvalue weighted by Gasteiger charge is 2.47. The van der Waals surface area contributed by atoms with Crippen molar-refractivity contribution in [3.63, 3.8) is 0 Å². The monoisotopic (exact) mass is 654 g/mol. The van der Waals surface area contributed by atoms with E-state index in [4.69, 9.17) is 0 Å². The smallest absolute Gasteiger partial charge is 0.206 e. The molecule has 236 valence electrons. The molecular formula is C36H24F2O8S. The van der Waals surface area contributed by atoms with E-state index in [0.717, 1.165) is 60.7 Å². The van der Waals surface area contributed by atoms with Crippen LogP contribution < -0.4 is 0 Å². The van der Waals surface area contributed by atoms with Crippen LogP contribution in [0.5, 0.6) is 0 Å². The zero-order valence-electron chi connectivity index (χ0n) is 24.8. The number of hydrogen-bond donors (Lipinski definition) is 0.